The molecule has 0 unspecified atom stereocenters. The molecular formula is C12H19FO2Si. The Morgan fingerprint density at radius 2 is 1.94 bits per heavy atom. The van der Waals surface area contributed by atoms with Gasteiger partial charge in [-0.3, -0.25) is 0 Å². The molecule has 0 aliphatic carbocycles. The first kappa shape index (κ1) is 13.4. The van der Waals surface area contributed by atoms with Crippen LogP contribution in [0, 0.1) is 5.82 Å². The molecule has 0 radical (unpaired) electrons. The van der Waals surface area contributed by atoms with E-state index in [0.717, 1.165) is 11.8 Å². The molecule has 0 bridgehead atoms. The Hall–Kier alpha value is -0.713. The third-order valence-electron chi connectivity index (χ3n) is 1.86. The van der Waals surface area contributed by atoms with Crippen molar-refractivity contribution in [3.8, 4) is 0 Å². The number of halogens is 1. The second kappa shape index (κ2) is 6.13. The zero-order valence-corrected chi connectivity index (χ0v) is 11.1. The Balaban J connectivity index is 2.17. The van der Waals surface area contributed by atoms with Crippen molar-refractivity contribution in [1.82, 2.24) is 0 Å². The first-order valence-electron chi connectivity index (χ1n) is 5.37. The van der Waals surface area contributed by atoms with Crippen LogP contribution in [0.1, 0.15) is 5.56 Å². The van der Waals surface area contributed by atoms with Gasteiger partial charge in [0.1, 0.15) is 12.6 Å². The van der Waals surface area contributed by atoms with Gasteiger partial charge in [0.05, 0.1) is 14.7 Å². The van der Waals surface area contributed by atoms with Crippen molar-refractivity contribution in [2.24, 2.45) is 0 Å². The van der Waals surface area contributed by atoms with Crippen LogP contribution >= 0.6 is 0 Å². The van der Waals surface area contributed by atoms with Crippen molar-refractivity contribution in [1.29, 1.82) is 0 Å². The number of hydrogen-bond donors (Lipinski definition) is 0. The van der Waals surface area contributed by atoms with Gasteiger partial charge in [-0.2, -0.15) is 0 Å². The predicted molar refractivity (Wildman–Crippen MR) is 65.4 cm³/mol. The number of hydrogen-bond acceptors (Lipinski definition) is 2. The van der Waals surface area contributed by atoms with Crippen molar-refractivity contribution >= 4 is 8.07 Å². The van der Waals surface area contributed by atoms with E-state index in [1.54, 1.807) is 6.07 Å². The third kappa shape index (κ3) is 6.00. The predicted octanol–water partition coefficient (Wildman–Crippen LogP) is 3.19. The fourth-order valence-electron chi connectivity index (χ4n) is 1.19. The van der Waals surface area contributed by atoms with Crippen LogP contribution in [0.2, 0.25) is 19.6 Å². The van der Waals surface area contributed by atoms with Crippen molar-refractivity contribution < 1.29 is 13.9 Å². The molecule has 0 aromatic heterocycles. The topological polar surface area (TPSA) is 18.5 Å². The van der Waals surface area contributed by atoms with Gasteiger partial charge < -0.3 is 9.47 Å². The summed E-state index contributed by atoms with van der Waals surface area (Å²) in [6, 6.07) is 6.41. The largest absolute Gasteiger partial charge is 0.359 e. The lowest BCUT2D eigenvalue weighted by Gasteiger charge is -2.15. The molecule has 0 saturated heterocycles. The van der Waals surface area contributed by atoms with Gasteiger partial charge in [0.25, 0.3) is 0 Å². The lowest BCUT2D eigenvalue weighted by molar-refractivity contribution is -0.0481. The van der Waals surface area contributed by atoms with Gasteiger partial charge in [0, 0.05) is 6.23 Å². The van der Waals surface area contributed by atoms with Gasteiger partial charge in [0.2, 0.25) is 0 Å². The summed E-state index contributed by atoms with van der Waals surface area (Å²) < 4.78 is 23.5. The van der Waals surface area contributed by atoms with Gasteiger partial charge in [-0.15, -0.1) is 0 Å². The molecular weight excluding hydrogens is 223 g/mol. The minimum Gasteiger partial charge on any atom is -0.359 e. The summed E-state index contributed by atoms with van der Waals surface area (Å²) in [5, 5.41) is 0. The minimum atomic E-state index is -1.16. The summed E-state index contributed by atoms with van der Waals surface area (Å²) >= 11 is 0. The molecule has 1 aromatic carbocycles. The van der Waals surface area contributed by atoms with E-state index in [4.69, 9.17) is 9.47 Å². The van der Waals surface area contributed by atoms with Crippen molar-refractivity contribution in [2.75, 3.05) is 13.0 Å². The van der Waals surface area contributed by atoms with Gasteiger partial charge >= 0.3 is 0 Å². The van der Waals surface area contributed by atoms with E-state index >= 15 is 0 Å². The average molecular weight is 242 g/mol. The quantitative estimate of drug-likeness (QED) is 0.433. The lowest BCUT2D eigenvalue weighted by atomic mass is 10.2. The van der Waals surface area contributed by atoms with E-state index in [9.17, 15) is 4.39 Å². The second-order valence-corrected chi connectivity index (χ2v) is 10.4. The highest BCUT2D eigenvalue weighted by Crippen LogP contribution is 2.05. The molecule has 0 aliphatic rings. The molecule has 0 aliphatic heterocycles. The van der Waals surface area contributed by atoms with Crippen LogP contribution in [-0.4, -0.2) is 21.1 Å². The highest BCUT2D eigenvalue weighted by Gasteiger charge is 2.12. The molecule has 2 nitrogen and oxygen atoms in total. The molecule has 1 rings (SSSR count). The molecule has 4 heteroatoms. The van der Waals surface area contributed by atoms with Crippen LogP contribution in [0.4, 0.5) is 4.39 Å². The molecule has 16 heavy (non-hydrogen) atoms. The van der Waals surface area contributed by atoms with E-state index in [2.05, 4.69) is 19.6 Å². The second-order valence-electron chi connectivity index (χ2n) is 5.01. The van der Waals surface area contributed by atoms with Crippen LogP contribution in [0.15, 0.2) is 24.3 Å². The lowest BCUT2D eigenvalue weighted by Crippen LogP contribution is -2.28. The first-order valence-corrected chi connectivity index (χ1v) is 9.08. The Morgan fingerprint density at radius 1 is 1.19 bits per heavy atom. The number of rotatable bonds is 6. The third-order valence-corrected chi connectivity index (χ3v) is 2.93. The maximum atomic E-state index is 12.8. The molecule has 0 spiro atoms. The van der Waals surface area contributed by atoms with E-state index < -0.39 is 8.07 Å². The standard InChI is InChI=1S/C12H19FO2Si/c1-16(2,3)10-15-9-14-8-11-5-4-6-12(13)7-11/h4-7H,8-10H2,1-3H3. The van der Waals surface area contributed by atoms with Crippen LogP contribution < -0.4 is 0 Å². The van der Waals surface area contributed by atoms with Gasteiger partial charge in [0.15, 0.2) is 0 Å². The molecule has 0 saturated carbocycles. The fraction of sp³-hybridized carbons (Fsp3) is 0.500. The molecule has 0 amide bonds. The van der Waals surface area contributed by atoms with E-state index in [1.165, 1.54) is 12.1 Å². The van der Waals surface area contributed by atoms with E-state index in [0.29, 0.717) is 6.61 Å². The number of benzene rings is 1. The molecule has 0 N–H and O–H groups in total. The van der Waals surface area contributed by atoms with Crippen molar-refractivity contribution in [3.05, 3.63) is 35.6 Å². The maximum absolute atomic E-state index is 12.8. The molecule has 1 aromatic rings. The Labute approximate surface area is 97.4 Å². The van der Waals surface area contributed by atoms with Gasteiger partial charge in [-0.05, 0) is 17.7 Å². The summed E-state index contributed by atoms with van der Waals surface area (Å²) in [6.45, 7) is 7.38. The first-order chi connectivity index (χ1) is 7.47. The summed E-state index contributed by atoms with van der Waals surface area (Å²) in [7, 11) is -1.16. The smallest absolute Gasteiger partial charge is 0.146 e. The SMILES string of the molecule is C[Si](C)(C)COCOCc1cccc(F)c1. The van der Waals surface area contributed by atoms with Crippen LogP contribution in [0.25, 0.3) is 0 Å². The van der Waals surface area contributed by atoms with Crippen LogP contribution in [0.3, 0.4) is 0 Å². The summed E-state index contributed by atoms with van der Waals surface area (Å²) in [4.78, 5) is 0. The monoisotopic (exact) mass is 242 g/mol. The Bertz CT molecular complexity index is 323. The molecule has 0 heterocycles. The molecule has 0 atom stereocenters. The normalized spacial score (nSPS) is 11.8. The van der Waals surface area contributed by atoms with Gasteiger partial charge in [-0.25, -0.2) is 4.39 Å². The Morgan fingerprint density at radius 3 is 2.56 bits per heavy atom. The fourth-order valence-corrected chi connectivity index (χ4v) is 1.89. The van der Waals surface area contributed by atoms with Crippen molar-refractivity contribution in [2.45, 2.75) is 26.2 Å². The minimum absolute atomic E-state index is 0.232. The van der Waals surface area contributed by atoms with Crippen LogP contribution in [-0.2, 0) is 16.1 Å². The number of ether oxygens (including phenoxy) is 2. The zero-order chi connectivity index (χ0) is 12.0. The highest BCUT2D eigenvalue weighted by atomic mass is 28.3. The summed E-state index contributed by atoms with van der Waals surface area (Å²) in [5.74, 6) is -0.232. The van der Waals surface area contributed by atoms with E-state index in [1.807, 2.05) is 6.07 Å². The van der Waals surface area contributed by atoms with Crippen molar-refractivity contribution in [3.63, 3.8) is 0 Å². The zero-order valence-electron chi connectivity index (χ0n) is 10.1. The maximum Gasteiger partial charge on any atom is 0.146 e. The highest BCUT2D eigenvalue weighted by molar-refractivity contribution is 6.76. The summed E-state index contributed by atoms with van der Waals surface area (Å²) in [6.07, 6.45) is 0.788. The average Bonchev–Trinajstić information content (AvgIpc) is 2.15. The van der Waals surface area contributed by atoms with E-state index in [-0.39, 0.29) is 12.6 Å². The van der Waals surface area contributed by atoms with Gasteiger partial charge in [-0.1, -0.05) is 31.8 Å². The van der Waals surface area contributed by atoms with Crippen LogP contribution in [0.5, 0.6) is 0 Å². The Kier molecular flexibility index (Phi) is 5.11. The molecule has 90 valence electrons. The summed E-state index contributed by atoms with van der Waals surface area (Å²) in [5.41, 5.74) is 0.830. The molecule has 0 fully saturated rings.